The van der Waals surface area contributed by atoms with Crippen LogP contribution >= 0.6 is 0 Å². The van der Waals surface area contributed by atoms with Crippen LogP contribution in [0.5, 0.6) is 0 Å². The molecule has 0 aromatic heterocycles. The average molecular weight is 384 g/mol. The number of hydrogen-bond acceptors (Lipinski definition) is 3. The lowest BCUT2D eigenvalue weighted by Gasteiger charge is -2.35. The Hall–Kier alpha value is -1.39. The largest absolute Gasteiger partial charge is 0.337 e. The summed E-state index contributed by atoms with van der Waals surface area (Å²) in [5, 5.41) is 0. The highest BCUT2D eigenvalue weighted by atomic mass is 16.2. The van der Waals surface area contributed by atoms with Crippen LogP contribution in [0.2, 0.25) is 0 Å². The third kappa shape index (κ3) is 4.60. The molecule has 4 rings (SSSR count). The van der Waals surface area contributed by atoms with Crippen molar-refractivity contribution in [3.05, 3.63) is 35.9 Å². The molecule has 4 nitrogen and oxygen atoms in total. The van der Waals surface area contributed by atoms with Gasteiger partial charge in [-0.05, 0) is 62.5 Å². The first-order valence-corrected chi connectivity index (χ1v) is 11.5. The fraction of sp³-hybridized carbons (Fsp3) is 0.708. The summed E-state index contributed by atoms with van der Waals surface area (Å²) < 4.78 is 0. The quantitative estimate of drug-likeness (QED) is 0.847. The van der Waals surface area contributed by atoms with Crippen molar-refractivity contribution in [2.75, 3.05) is 26.2 Å². The van der Waals surface area contributed by atoms with Crippen LogP contribution in [0.15, 0.2) is 30.3 Å². The van der Waals surface area contributed by atoms with Crippen molar-refractivity contribution in [3.63, 3.8) is 0 Å². The summed E-state index contributed by atoms with van der Waals surface area (Å²) in [6.45, 7) is 4.20. The Bertz CT molecular complexity index is 628. The summed E-state index contributed by atoms with van der Waals surface area (Å²) in [7, 11) is 0. The highest BCUT2D eigenvalue weighted by molar-refractivity contribution is 5.82. The van der Waals surface area contributed by atoms with Gasteiger partial charge in [0.15, 0.2) is 0 Å². The Morgan fingerprint density at radius 1 is 1.00 bits per heavy atom. The van der Waals surface area contributed by atoms with Gasteiger partial charge < -0.3 is 15.5 Å². The van der Waals surface area contributed by atoms with Crippen LogP contribution in [-0.4, -0.2) is 54.0 Å². The standard InChI is InChI=1S/C24H37N3O/c25-23(21-10-5-2-6-11-21)24(28)27-17-14-20-12-7-15-26(18-22(20)27)16-13-19-8-3-1-4-9-19/h1,3-4,8-9,20-23H,2,5-7,10-18,25H2. The molecule has 3 unspecified atom stereocenters. The van der Waals surface area contributed by atoms with E-state index in [1.807, 2.05) is 0 Å². The monoisotopic (exact) mass is 383 g/mol. The molecule has 2 N–H and O–H groups in total. The number of rotatable bonds is 5. The van der Waals surface area contributed by atoms with Crippen LogP contribution in [-0.2, 0) is 11.2 Å². The van der Waals surface area contributed by atoms with Gasteiger partial charge in [0.25, 0.3) is 0 Å². The molecule has 28 heavy (non-hydrogen) atoms. The summed E-state index contributed by atoms with van der Waals surface area (Å²) in [4.78, 5) is 18.1. The summed E-state index contributed by atoms with van der Waals surface area (Å²) in [6, 6.07) is 10.9. The Morgan fingerprint density at radius 3 is 2.57 bits per heavy atom. The summed E-state index contributed by atoms with van der Waals surface area (Å²) in [6.07, 6.45) is 10.8. The van der Waals surface area contributed by atoms with Crippen molar-refractivity contribution in [1.82, 2.24) is 9.80 Å². The smallest absolute Gasteiger partial charge is 0.240 e. The lowest BCUT2D eigenvalue weighted by molar-refractivity contribution is -0.135. The van der Waals surface area contributed by atoms with E-state index in [4.69, 9.17) is 5.73 Å². The Morgan fingerprint density at radius 2 is 1.79 bits per heavy atom. The topological polar surface area (TPSA) is 49.6 Å². The van der Waals surface area contributed by atoms with Crippen molar-refractivity contribution < 1.29 is 4.79 Å². The van der Waals surface area contributed by atoms with Gasteiger partial charge in [-0.25, -0.2) is 0 Å². The number of likely N-dealkylation sites (tertiary alicyclic amines) is 2. The second-order valence-corrected chi connectivity index (χ2v) is 9.25. The normalized spacial score (nSPS) is 28.0. The fourth-order valence-corrected chi connectivity index (χ4v) is 5.73. The van der Waals surface area contributed by atoms with Gasteiger partial charge in [-0.1, -0.05) is 49.6 Å². The van der Waals surface area contributed by atoms with Crippen LogP contribution in [0.1, 0.15) is 56.9 Å². The average Bonchev–Trinajstić information content (AvgIpc) is 3.03. The molecule has 3 aliphatic rings. The first kappa shape index (κ1) is 19.9. The first-order chi connectivity index (χ1) is 13.7. The predicted molar refractivity (Wildman–Crippen MR) is 114 cm³/mol. The van der Waals surface area contributed by atoms with E-state index in [1.54, 1.807) is 0 Å². The van der Waals surface area contributed by atoms with Crippen LogP contribution < -0.4 is 5.73 Å². The van der Waals surface area contributed by atoms with Gasteiger partial charge in [-0.3, -0.25) is 4.79 Å². The Kier molecular flexibility index (Phi) is 6.69. The van der Waals surface area contributed by atoms with Crippen molar-refractivity contribution in [2.24, 2.45) is 17.6 Å². The van der Waals surface area contributed by atoms with Crippen LogP contribution in [0.4, 0.5) is 0 Å². The van der Waals surface area contributed by atoms with Crippen LogP contribution in [0.3, 0.4) is 0 Å². The molecule has 1 aromatic carbocycles. The number of fused-ring (bicyclic) bond motifs is 1. The van der Waals surface area contributed by atoms with E-state index in [-0.39, 0.29) is 11.9 Å². The van der Waals surface area contributed by atoms with Gasteiger partial charge in [0.2, 0.25) is 5.91 Å². The molecule has 0 spiro atoms. The third-order valence-electron chi connectivity index (χ3n) is 7.47. The molecule has 1 saturated carbocycles. The fourth-order valence-electron chi connectivity index (χ4n) is 5.73. The van der Waals surface area contributed by atoms with Crippen molar-refractivity contribution >= 4 is 5.91 Å². The number of hydrogen-bond donors (Lipinski definition) is 1. The van der Waals surface area contributed by atoms with Gasteiger partial charge in [0, 0.05) is 25.7 Å². The molecule has 3 atom stereocenters. The second kappa shape index (κ2) is 9.41. The zero-order valence-electron chi connectivity index (χ0n) is 17.3. The molecule has 1 aliphatic carbocycles. The lowest BCUT2D eigenvalue weighted by atomic mass is 9.83. The van der Waals surface area contributed by atoms with E-state index < -0.39 is 0 Å². The van der Waals surface area contributed by atoms with Gasteiger partial charge in [0.05, 0.1) is 6.04 Å². The minimum Gasteiger partial charge on any atom is -0.337 e. The maximum atomic E-state index is 13.3. The molecule has 1 aromatic rings. The van der Waals surface area contributed by atoms with E-state index in [0.717, 1.165) is 45.4 Å². The molecule has 2 aliphatic heterocycles. The molecule has 0 radical (unpaired) electrons. The van der Waals surface area contributed by atoms with E-state index in [2.05, 4.69) is 40.1 Å². The second-order valence-electron chi connectivity index (χ2n) is 9.25. The van der Waals surface area contributed by atoms with Crippen LogP contribution in [0, 0.1) is 11.8 Å². The molecule has 2 heterocycles. The highest BCUT2D eigenvalue weighted by Gasteiger charge is 2.41. The Labute approximate surface area is 170 Å². The summed E-state index contributed by atoms with van der Waals surface area (Å²) in [5.74, 6) is 1.31. The number of nitrogens with zero attached hydrogens (tertiary/aromatic N) is 2. The first-order valence-electron chi connectivity index (χ1n) is 11.5. The lowest BCUT2D eigenvalue weighted by Crippen LogP contribution is -2.53. The minimum atomic E-state index is -0.278. The number of benzene rings is 1. The van der Waals surface area contributed by atoms with E-state index in [9.17, 15) is 4.79 Å². The summed E-state index contributed by atoms with van der Waals surface area (Å²) >= 11 is 0. The zero-order valence-corrected chi connectivity index (χ0v) is 17.3. The molecule has 0 bridgehead atoms. The van der Waals surface area contributed by atoms with Gasteiger partial charge in [-0.15, -0.1) is 0 Å². The van der Waals surface area contributed by atoms with Crippen LogP contribution in [0.25, 0.3) is 0 Å². The van der Waals surface area contributed by atoms with Gasteiger partial charge in [0.1, 0.15) is 0 Å². The van der Waals surface area contributed by atoms with Crippen molar-refractivity contribution in [1.29, 1.82) is 0 Å². The molecule has 2 saturated heterocycles. The SMILES string of the molecule is NC(C(=O)N1CCC2CCCN(CCc3ccccc3)CC21)C1CCCCC1. The Balaban J connectivity index is 1.37. The highest BCUT2D eigenvalue weighted by Crippen LogP contribution is 2.33. The van der Waals surface area contributed by atoms with Gasteiger partial charge >= 0.3 is 0 Å². The van der Waals surface area contributed by atoms with E-state index in [0.29, 0.717) is 17.9 Å². The molecule has 3 fully saturated rings. The summed E-state index contributed by atoms with van der Waals surface area (Å²) in [5.41, 5.74) is 7.90. The third-order valence-corrected chi connectivity index (χ3v) is 7.47. The number of carbonyl (C=O) groups is 1. The molecule has 154 valence electrons. The van der Waals surface area contributed by atoms with E-state index in [1.165, 1.54) is 44.1 Å². The molecular weight excluding hydrogens is 346 g/mol. The van der Waals surface area contributed by atoms with E-state index >= 15 is 0 Å². The maximum absolute atomic E-state index is 13.3. The number of carbonyl (C=O) groups excluding carboxylic acids is 1. The minimum absolute atomic E-state index is 0.240. The number of amides is 1. The maximum Gasteiger partial charge on any atom is 0.240 e. The van der Waals surface area contributed by atoms with Crippen molar-refractivity contribution in [3.8, 4) is 0 Å². The zero-order chi connectivity index (χ0) is 19.3. The molecular formula is C24H37N3O. The number of nitrogens with two attached hydrogens (primary N) is 1. The molecule has 4 heteroatoms. The van der Waals surface area contributed by atoms with Crippen molar-refractivity contribution in [2.45, 2.75) is 69.9 Å². The van der Waals surface area contributed by atoms with Gasteiger partial charge in [-0.2, -0.15) is 0 Å². The molecule has 1 amide bonds. The predicted octanol–water partition coefficient (Wildman–Crippen LogP) is 3.45.